The van der Waals surface area contributed by atoms with Gasteiger partial charge in [0.25, 0.3) is 0 Å². The number of hydrogen-bond donors (Lipinski definition) is 0. The van der Waals surface area contributed by atoms with Crippen molar-refractivity contribution in [2.45, 2.75) is 37.5 Å². The van der Waals surface area contributed by atoms with Gasteiger partial charge in [0.15, 0.2) is 0 Å². The van der Waals surface area contributed by atoms with Gasteiger partial charge in [-0.15, -0.1) is 0 Å². The molecular formula is C43H38N4. The number of hydrogen-bond acceptors (Lipinski definition) is 4. The van der Waals surface area contributed by atoms with Gasteiger partial charge in [-0.05, 0) is 94.3 Å². The molecule has 0 spiro atoms. The third-order valence-corrected chi connectivity index (χ3v) is 10.7. The molecule has 2 aliphatic carbocycles. The van der Waals surface area contributed by atoms with E-state index in [1.807, 2.05) is 12.3 Å². The van der Waals surface area contributed by atoms with Gasteiger partial charge >= 0.3 is 0 Å². The van der Waals surface area contributed by atoms with E-state index in [-0.39, 0.29) is 5.41 Å². The SMILES string of the molecule is CN1C=CN(c2cccc(N3c4ccccc4C(C)(C)c4ccc(C5(c6ccccn6)C6=CCCC=C6c6ccccc65)cc43)c2)C1. The summed E-state index contributed by atoms with van der Waals surface area (Å²) in [4.78, 5) is 12.1. The first-order valence-corrected chi connectivity index (χ1v) is 16.7. The van der Waals surface area contributed by atoms with Gasteiger partial charge < -0.3 is 14.7 Å². The smallest absolute Gasteiger partial charge is 0.0938 e. The number of rotatable bonds is 4. The second-order valence-electron chi connectivity index (χ2n) is 13.7. The Bertz CT molecular complexity index is 2140. The lowest BCUT2D eigenvalue weighted by molar-refractivity contribution is 0.496. The van der Waals surface area contributed by atoms with E-state index in [1.165, 1.54) is 56.0 Å². The van der Waals surface area contributed by atoms with Crippen LogP contribution in [0.5, 0.6) is 0 Å². The van der Waals surface area contributed by atoms with E-state index in [1.54, 1.807) is 0 Å². The van der Waals surface area contributed by atoms with E-state index in [0.29, 0.717) is 0 Å². The zero-order valence-corrected chi connectivity index (χ0v) is 27.2. The maximum Gasteiger partial charge on any atom is 0.0938 e. The second kappa shape index (κ2) is 10.3. The largest absolute Gasteiger partial charge is 0.361 e. The highest BCUT2D eigenvalue weighted by atomic mass is 15.3. The first-order valence-electron chi connectivity index (χ1n) is 16.7. The quantitative estimate of drug-likeness (QED) is 0.202. The molecule has 0 saturated carbocycles. The molecule has 4 aromatic carbocycles. The van der Waals surface area contributed by atoms with E-state index in [0.717, 1.165) is 30.9 Å². The Morgan fingerprint density at radius 2 is 1.43 bits per heavy atom. The molecule has 0 fully saturated rings. The van der Waals surface area contributed by atoms with E-state index < -0.39 is 5.41 Å². The van der Waals surface area contributed by atoms with Crippen LogP contribution in [0.1, 0.15) is 60.2 Å². The molecule has 1 unspecified atom stereocenters. The number of nitrogens with zero attached hydrogens (tertiary/aromatic N) is 4. The van der Waals surface area contributed by atoms with Crippen LogP contribution < -0.4 is 9.80 Å². The monoisotopic (exact) mass is 610 g/mol. The molecule has 1 aromatic heterocycles. The number of aromatic nitrogens is 1. The van der Waals surface area contributed by atoms with Crippen molar-refractivity contribution < 1.29 is 0 Å². The van der Waals surface area contributed by atoms with Crippen LogP contribution in [-0.4, -0.2) is 23.6 Å². The number of anilines is 4. The van der Waals surface area contributed by atoms with Crippen LogP contribution in [-0.2, 0) is 10.8 Å². The molecule has 0 saturated heterocycles. The minimum absolute atomic E-state index is 0.181. The van der Waals surface area contributed by atoms with Crippen molar-refractivity contribution in [2.75, 3.05) is 23.5 Å². The summed E-state index contributed by atoms with van der Waals surface area (Å²) in [5.74, 6) is 0. The summed E-state index contributed by atoms with van der Waals surface area (Å²) in [5.41, 5.74) is 14.4. The van der Waals surface area contributed by atoms with Crippen LogP contribution in [0.4, 0.5) is 22.7 Å². The average molecular weight is 611 g/mol. The molecule has 4 nitrogen and oxygen atoms in total. The molecule has 0 bridgehead atoms. The maximum atomic E-state index is 5.12. The van der Waals surface area contributed by atoms with Crippen LogP contribution in [0.3, 0.4) is 0 Å². The van der Waals surface area contributed by atoms with Gasteiger partial charge in [-0.1, -0.05) is 92.7 Å². The highest BCUT2D eigenvalue weighted by molar-refractivity contribution is 5.95. The molecule has 0 radical (unpaired) electrons. The van der Waals surface area contributed by atoms with Gasteiger partial charge in [0.05, 0.1) is 29.2 Å². The normalized spacial score (nSPS) is 20.3. The zero-order valence-electron chi connectivity index (χ0n) is 27.2. The summed E-state index contributed by atoms with van der Waals surface area (Å²) >= 11 is 0. The van der Waals surface area contributed by atoms with Crippen LogP contribution in [0.15, 0.2) is 146 Å². The van der Waals surface area contributed by atoms with Crippen LogP contribution >= 0.6 is 0 Å². The average Bonchev–Trinajstić information content (AvgIpc) is 3.68. The van der Waals surface area contributed by atoms with Gasteiger partial charge in [0.2, 0.25) is 0 Å². The van der Waals surface area contributed by atoms with Crippen molar-refractivity contribution in [1.82, 2.24) is 9.88 Å². The summed E-state index contributed by atoms with van der Waals surface area (Å²) in [5, 5.41) is 0. The topological polar surface area (TPSA) is 22.6 Å². The Morgan fingerprint density at radius 3 is 2.26 bits per heavy atom. The number of para-hydroxylation sites is 1. The molecule has 1 atom stereocenters. The Labute approximate surface area is 277 Å². The molecule has 47 heavy (non-hydrogen) atoms. The van der Waals surface area contributed by atoms with Crippen molar-refractivity contribution in [3.05, 3.63) is 179 Å². The van der Waals surface area contributed by atoms with Crippen LogP contribution in [0.2, 0.25) is 0 Å². The summed E-state index contributed by atoms with van der Waals surface area (Å²) in [6, 6.07) is 40.5. The standard InChI is InChI=1S/C43H38N4/c1-42(2)37-19-8-9-20-39(37)47(32-14-12-13-31(28-32)46-26-25-45(3)29-46)40-27-30(22-23-38(40)42)43(41-21-10-11-24-44-41)35-17-6-4-15-33(35)34-16-5-7-18-36(34)43/h4,6,8-28H,5,7,29H2,1-3H3. The molecule has 4 heteroatoms. The third-order valence-electron chi connectivity index (χ3n) is 10.7. The first-order chi connectivity index (χ1) is 23.0. The van der Waals surface area contributed by atoms with Crippen molar-refractivity contribution in [3.8, 4) is 0 Å². The van der Waals surface area contributed by atoms with Gasteiger partial charge in [-0.25, -0.2) is 0 Å². The van der Waals surface area contributed by atoms with Crippen LogP contribution in [0.25, 0.3) is 5.57 Å². The Balaban J connectivity index is 1.32. The van der Waals surface area contributed by atoms with E-state index >= 15 is 0 Å². The fraction of sp³-hybridized carbons (Fsp3) is 0.186. The summed E-state index contributed by atoms with van der Waals surface area (Å²) in [6.45, 7) is 5.57. The highest BCUT2D eigenvalue weighted by Gasteiger charge is 2.50. The fourth-order valence-electron chi connectivity index (χ4n) is 8.53. The summed E-state index contributed by atoms with van der Waals surface area (Å²) in [7, 11) is 2.11. The number of fused-ring (bicyclic) bond motifs is 5. The Hall–Kier alpha value is -5.35. The molecule has 3 heterocycles. The van der Waals surface area contributed by atoms with Gasteiger partial charge in [0.1, 0.15) is 0 Å². The molecule has 2 aliphatic heterocycles. The van der Waals surface area contributed by atoms with Crippen molar-refractivity contribution in [1.29, 1.82) is 0 Å². The van der Waals surface area contributed by atoms with Gasteiger partial charge in [0, 0.05) is 42.4 Å². The van der Waals surface area contributed by atoms with Gasteiger partial charge in [-0.3, -0.25) is 4.98 Å². The molecule has 0 amide bonds. The van der Waals surface area contributed by atoms with Crippen molar-refractivity contribution in [3.63, 3.8) is 0 Å². The zero-order chi connectivity index (χ0) is 31.8. The number of allylic oxidation sites excluding steroid dienone is 4. The minimum atomic E-state index is -0.515. The molecule has 5 aromatic rings. The maximum absolute atomic E-state index is 5.12. The van der Waals surface area contributed by atoms with Crippen molar-refractivity contribution in [2.24, 2.45) is 0 Å². The second-order valence-corrected chi connectivity index (χ2v) is 13.7. The first kappa shape index (κ1) is 27.9. The van der Waals surface area contributed by atoms with Gasteiger partial charge in [-0.2, -0.15) is 0 Å². The Kier molecular flexibility index (Phi) is 6.14. The lowest BCUT2D eigenvalue weighted by Crippen LogP contribution is -2.33. The molecule has 4 aliphatic rings. The number of pyridine rings is 1. The van der Waals surface area contributed by atoms with E-state index in [9.17, 15) is 0 Å². The fourth-order valence-corrected chi connectivity index (χ4v) is 8.53. The lowest BCUT2D eigenvalue weighted by Gasteiger charge is -2.43. The predicted octanol–water partition coefficient (Wildman–Crippen LogP) is 9.82. The highest BCUT2D eigenvalue weighted by Crippen LogP contribution is 2.60. The third kappa shape index (κ3) is 3.97. The number of benzene rings is 4. The molecule has 9 rings (SSSR count). The molecule has 0 N–H and O–H groups in total. The van der Waals surface area contributed by atoms with E-state index in [2.05, 4.69) is 163 Å². The predicted molar refractivity (Wildman–Crippen MR) is 193 cm³/mol. The molecule has 230 valence electrons. The lowest BCUT2D eigenvalue weighted by atomic mass is 9.67. The van der Waals surface area contributed by atoms with E-state index in [4.69, 9.17) is 4.98 Å². The van der Waals surface area contributed by atoms with Crippen LogP contribution in [0, 0.1) is 0 Å². The minimum Gasteiger partial charge on any atom is -0.361 e. The molecular weight excluding hydrogens is 573 g/mol. The van der Waals surface area contributed by atoms with Crippen molar-refractivity contribution >= 4 is 28.3 Å². The summed E-state index contributed by atoms with van der Waals surface area (Å²) < 4.78 is 0. The summed E-state index contributed by atoms with van der Waals surface area (Å²) in [6.07, 6.45) is 13.3. The Morgan fingerprint density at radius 1 is 0.660 bits per heavy atom.